The summed E-state index contributed by atoms with van der Waals surface area (Å²) in [6.45, 7) is 1.67. The van der Waals surface area contributed by atoms with Crippen LogP contribution in [0.3, 0.4) is 0 Å². The number of hydrogen-bond acceptors (Lipinski definition) is 3. The fraction of sp³-hybridized carbons (Fsp3) is 0.182. The van der Waals surface area contributed by atoms with E-state index in [1.165, 1.54) is 6.26 Å². The summed E-state index contributed by atoms with van der Waals surface area (Å²) >= 11 is 0. The number of furan rings is 1. The first kappa shape index (κ1) is 14.1. The second-order valence-corrected chi connectivity index (χ2v) is 3.55. The van der Waals surface area contributed by atoms with Crippen molar-refractivity contribution in [3.8, 4) is 0 Å². The topological polar surface area (TPSA) is 79.7 Å². The molecule has 3 N–H and O–H groups in total. The van der Waals surface area contributed by atoms with Gasteiger partial charge in [-0.1, -0.05) is 18.2 Å². The van der Waals surface area contributed by atoms with Gasteiger partial charge in [0.1, 0.15) is 5.58 Å². The Hall–Kier alpha value is -1.01. The third kappa shape index (κ3) is 2.63. The van der Waals surface area contributed by atoms with Crippen LogP contribution in [-0.4, -0.2) is 16.3 Å². The fourth-order valence-corrected chi connectivity index (χ4v) is 1.64. The zero-order valence-corrected chi connectivity index (χ0v) is 11.8. The number of nitrogens with zero attached hydrogens (tertiary/aromatic N) is 1. The third-order valence-electron chi connectivity index (χ3n) is 2.55. The molecule has 0 saturated carbocycles. The van der Waals surface area contributed by atoms with Crippen molar-refractivity contribution >= 4 is 17.0 Å². The number of amides is 2. The average Bonchev–Trinajstić information content (AvgIpc) is 2.70. The van der Waals surface area contributed by atoms with Gasteiger partial charge in [0.05, 0.1) is 12.3 Å². The molecule has 0 aliphatic carbocycles. The molecular weight excluding hydrogens is 231 g/mol. The van der Waals surface area contributed by atoms with Crippen LogP contribution in [0.1, 0.15) is 20.0 Å². The van der Waals surface area contributed by atoms with Gasteiger partial charge in [-0.05, 0) is 13.0 Å². The van der Waals surface area contributed by atoms with Gasteiger partial charge in [-0.2, -0.15) is 5.06 Å². The van der Waals surface area contributed by atoms with Crippen molar-refractivity contribution in [1.82, 2.24) is 5.06 Å². The SMILES string of the molecule is CC(c1coc2ccccc12)N(O)C(N)=O.[H-].[Na+]. The Balaban J connectivity index is 0.00000144. The van der Waals surface area contributed by atoms with E-state index in [0.29, 0.717) is 10.6 Å². The van der Waals surface area contributed by atoms with Crippen molar-refractivity contribution in [2.45, 2.75) is 13.0 Å². The van der Waals surface area contributed by atoms with E-state index in [4.69, 9.17) is 10.2 Å². The normalized spacial score (nSPS) is 11.9. The maximum Gasteiger partial charge on any atom is 1.00 e. The third-order valence-corrected chi connectivity index (χ3v) is 2.55. The monoisotopic (exact) mass is 244 g/mol. The fourth-order valence-electron chi connectivity index (χ4n) is 1.64. The number of urea groups is 1. The Morgan fingerprint density at radius 2 is 2.18 bits per heavy atom. The molecule has 1 aromatic heterocycles. The van der Waals surface area contributed by atoms with Gasteiger partial charge < -0.3 is 11.6 Å². The second-order valence-electron chi connectivity index (χ2n) is 3.55. The zero-order chi connectivity index (χ0) is 11.7. The van der Waals surface area contributed by atoms with Crippen LogP contribution in [0.25, 0.3) is 11.0 Å². The van der Waals surface area contributed by atoms with Gasteiger partial charge in [0.15, 0.2) is 0 Å². The smallest absolute Gasteiger partial charge is 1.00 e. The number of nitrogens with two attached hydrogens (primary N) is 1. The molecule has 6 heteroatoms. The van der Waals surface area contributed by atoms with E-state index in [2.05, 4.69) is 0 Å². The Bertz CT molecular complexity index is 532. The van der Waals surface area contributed by atoms with E-state index in [1.807, 2.05) is 24.3 Å². The molecule has 0 aliphatic rings. The van der Waals surface area contributed by atoms with E-state index < -0.39 is 12.1 Å². The summed E-state index contributed by atoms with van der Waals surface area (Å²) in [4.78, 5) is 10.8. The Morgan fingerprint density at radius 1 is 1.53 bits per heavy atom. The Kier molecular flexibility index (Phi) is 4.59. The van der Waals surface area contributed by atoms with Crippen LogP contribution in [0.15, 0.2) is 34.9 Å². The van der Waals surface area contributed by atoms with Crippen LogP contribution in [-0.2, 0) is 0 Å². The summed E-state index contributed by atoms with van der Waals surface area (Å²) < 4.78 is 5.31. The molecule has 2 amide bonds. The van der Waals surface area contributed by atoms with Crippen LogP contribution in [0.5, 0.6) is 0 Å². The number of benzene rings is 1. The second kappa shape index (κ2) is 5.55. The number of carbonyl (C=O) groups is 1. The minimum atomic E-state index is -0.891. The summed E-state index contributed by atoms with van der Waals surface area (Å²) in [7, 11) is 0. The molecule has 1 unspecified atom stereocenters. The van der Waals surface area contributed by atoms with Crippen molar-refractivity contribution in [2.24, 2.45) is 5.73 Å². The van der Waals surface area contributed by atoms with Crippen LogP contribution < -0.4 is 35.3 Å². The molecule has 0 aliphatic heterocycles. The summed E-state index contributed by atoms with van der Waals surface area (Å²) in [5.74, 6) is 0. The van der Waals surface area contributed by atoms with Crippen molar-refractivity contribution < 1.29 is 45.4 Å². The summed E-state index contributed by atoms with van der Waals surface area (Å²) in [5, 5.41) is 10.8. The number of primary amides is 1. The van der Waals surface area contributed by atoms with Crippen molar-refractivity contribution in [2.75, 3.05) is 0 Å². The molecule has 2 aromatic rings. The van der Waals surface area contributed by atoms with Crippen LogP contribution >= 0.6 is 0 Å². The van der Waals surface area contributed by atoms with E-state index in [-0.39, 0.29) is 31.0 Å². The number of para-hydroxylation sites is 1. The number of fused-ring (bicyclic) bond motifs is 1. The Morgan fingerprint density at radius 3 is 2.82 bits per heavy atom. The van der Waals surface area contributed by atoms with Gasteiger partial charge in [0.25, 0.3) is 0 Å². The molecule has 1 aromatic carbocycles. The van der Waals surface area contributed by atoms with Gasteiger partial charge >= 0.3 is 35.6 Å². The molecule has 2 rings (SSSR count). The van der Waals surface area contributed by atoms with E-state index in [1.54, 1.807) is 6.92 Å². The molecular formula is C11H13N2NaO3. The number of rotatable bonds is 2. The Labute approximate surface area is 122 Å². The molecule has 0 bridgehead atoms. The minimum absolute atomic E-state index is 0. The van der Waals surface area contributed by atoms with E-state index >= 15 is 0 Å². The van der Waals surface area contributed by atoms with Gasteiger partial charge in [0, 0.05) is 10.9 Å². The maximum absolute atomic E-state index is 10.8. The van der Waals surface area contributed by atoms with Crippen LogP contribution in [0, 0.1) is 0 Å². The minimum Gasteiger partial charge on any atom is -1.00 e. The van der Waals surface area contributed by atoms with Gasteiger partial charge in [0.2, 0.25) is 0 Å². The van der Waals surface area contributed by atoms with Gasteiger partial charge in [-0.15, -0.1) is 0 Å². The number of hydroxylamine groups is 2. The van der Waals surface area contributed by atoms with Crippen molar-refractivity contribution in [3.05, 3.63) is 36.1 Å². The first-order chi connectivity index (χ1) is 7.61. The molecule has 0 saturated heterocycles. The van der Waals surface area contributed by atoms with Crippen molar-refractivity contribution in [3.63, 3.8) is 0 Å². The largest absolute Gasteiger partial charge is 1.00 e. The molecule has 17 heavy (non-hydrogen) atoms. The molecule has 0 radical (unpaired) electrons. The first-order valence-electron chi connectivity index (χ1n) is 4.85. The average molecular weight is 244 g/mol. The number of carbonyl (C=O) groups excluding carboxylic acids is 1. The number of hydrogen-bond donors (Lipinski definition) is 2. The van der Waals surface area contributed by atoms with E-state index in [0.717, 1.165) is 10.9 Å². The first-order valence-corrected chi connectivity index (χ1v) is 4.85. The molecule has 5 nitrogen and oxygen atoms in total. The van der Waals surface area contributed by atoms with Gasteiger partial charge in [-0.3, -0.25) is 5.21 Å². The summed E-state index contributed by atoms with van der Waals surface area (Å²) in [6.07, 6.45) is 1.52. The summed E-state index contributed by atoms with van der Waals surface area (Å²) in [6, 6.07) is 5.96. The van der Waals surface area contributed by atoms with Crippen molar-refractivity contribution in [1.29, 1.82) is 0 Å². The van der Waals surface area contributed by atoms with Gasteiger partial charge in [-0.25, -0.2) is 4.79 Å². The molecule has 0 spiro atoms. The van der Waals surface area contributed by atoms with Crippen LogP contribution in [0.2, 0.25) is 0 Å². The predicted molar refractivity (Wildman–Crippen MR) is 58.9 cm³/mol. The zero-order valence-electron chi connectivity index (χ0n) is 10.8. The molecule has 1 heterocycles. The van der Waals surface area contributed by atoms with E-state index in [9.17, 15) is 10.0 Å². The van der Waals surface area contributed by atoms with Crippen LogP contribution in [0.4, 0.5) is 4.79 Å². The summed E-state index contributed by atoms with van der Waals surface area (Å²) in [5.41, 5.74) is 6.42. The maximum atomic E-state index is 10.8. The molecule has 0 fully saturated rings. The molecule has 86 valence electrons. The predicted octanol–water partition coefficient (Wildman–Crippen LogP) is -0.620. The standard InChI is InChI=1S/C11H12N2O3.Na.H/c1-7(13(15)11(12)14)9-6-16-10-5-3-2-4-8(9)10;;/h2-7,15H,1H3,(H2,12,14);;/q;+1;-1. The molecule has 1 atom stereocenters. The quantitative estimate of drug-likeness (QED) is 0.420.